The van der Waals surface area contributed by atoms with E-state index < -0.39 is 45.1 Å². The summed E-state index contributed by atoms with van der Waals surface area (Å²) in [4.78, 5) is 41.1. The molecule has 0 aromatic heterocycles. The lowest BCUT2D eigenvalue weighted by atomic mass is 9.57. The number of carbonyl (C=O) groups excluding carboxylic acids is 3. The van der Waals surface area contributed by atoms with Crippen molar-refractivity contribution in [1.29, 1.82) is 0 Å². The van der Waals surface area contributed by atoms with Gasteiger partial charge in [0.1, 0.15) is 6.61 Å². The summed E-state index contributed by atoms with van der Waals surface area (Å²) in [6.45, 7) is 12.3. The Morgan fingerprint density at radius 1 is 0.936 bits per heavy atom. The fourth-order valence-corrected chi connectivity index (χ4v) is 7.93. The highest BCUT2D eigenvalue weighted by molar-refractivity contribution is 6.20. The molecule has 5 atom stereocenters. The van der Waals surface area contributed by atoms with Crippen LogP contribution >= 0.6 is 0 Å². The normalized spacial score (nSPS) is 24.6. The van der Waals surface area contributed by atoms with Gasteiger partial charge < -0.3 is 24.9 Å². The summed E-state index contributed by atoms with van der Waals surface area (Å²) in [5, 5.41) is 9.31. The minimum Gasteiger partial charge on any atom is -0.510 e. The quantitative estimate of drug-likeness (QED) is 0.163. The first-order chi connectivity index (χ1) is 22.1. The van der Waals surface area contributed by atoms with E-state index in [-0.39, 0.29) is 19.0 Å². The molecular weight excluding hydrogens is 593 g/mol. The Morgan fingerprint density at radius 3 is 2.13 bits per heavy atom. The molecule has 0 spiro atoms. The Hall–Kier alpha value is -3.17. The number of hydrogen-bond acceptors (Lipinski definition) is 8. The Balaban J connectivity index is 1.62. The molecule has 47 heavy (non-hydrogen) atoms. The minimum atomic E-state index is -1.27. The second-order valence-corrected chi connectivity index (χ2v) is 15.5. The molecule has 2 aliphatic carbocycles. The third kappa shape index (κ3) is 7.78. The summed E-state index contributed by atoms with van der Waals surface area (Å²) >= 11 is 0. The fourth-order valence-electron chi connectivity index (χ4n) is 7.93. The molecule has 8 nitrogen and oxygen atoms in total. The van der Waals surface area contributed by atoms with Gasteiger partial charge in [0.05, 0.1) is 23.4 Å². The van der Waals surface area contributed by atoms with Gasteiger partial charge in [0.15, 0.2) is 0 Å². The minimum absolute atomic E-state index is 0.0574. The highest BCUT2D eigenvalue weighted by Crippen LogP contribution is 2.74. The zero-order chi connectivity index (χ0) is 34.5. The van der Waals surface area contributed by atoms with Crippen LogP contribution in [0.15, 0.2) is 60.7 Å². The summed E-state index contributed by atoms with van der Waals surface area (Å²) in [7, 11) is 0.374. The molecule has 0 saturated heterocycles. The first-order valence-electron chi connectivity index (χ1n) is 17.0. The largest absolute Gasteiger partial charge is 0.571 e. The van der Waals surface area contributed by atoms with Crippen LogP contribution in [0, 0.1) is 27.6 Å². The maximum Gasteiger partial charge on any atom is 0.571 e. The van der Waals surface area contributed by atoms with Crippen molar-refractivity contribution in [3.63, 3.8) is 0 Å². The standard InChI is InChI=1S/C38H53BNO7/c1-34(2,37(5)26-35(37,3)32(42)45-23-27-16-10-7-11-17-27)25-36(4,33(43)46-24-28-18-12-8-13-19-28)38(6,40)22-30(31(41)47-39-44)29-20-14-9-15-21-29/h7,9-11,14-17,20-21,28,30,44H,8,12-13,18-19,22-26,40H2,1-6H3. The van der Waals surface area contributed by atoms with Crippen LogP contribution in [0.2, 0.25) is 0 Å². The summed E-state index contributed by atoms with van der Waals surface area (Å²) in [5.74, 6) is -1.88. The SMILES string of the molecule is CC(C)(CC(C)(C(=O)OCC1CCCCC1)C(C)(N)CC(C(=O)O[B]O)c1ccccc1)C1(C)CC1(C)C(=O)OCc1ccccc1. The van der Waals surface area contributed by atoms with Crippen LogP contribution in [-0.4, -0.2) is 42.8 Å². The molecule has 3 N–H and O–H groups in total. The molecule has 2 aliphatic rings. The number of esters is 2. The molecule has 2 saturated carbocycles. The topological polar surface area (TPSA) is 125 Å². The summed E-state index contributed by atoms with van der Waals surface area (Å²) in [5.41, 5.74) is 4.44. The van der Waals surface area contributed by atoms with Crippen LogP contribution in [-0.2, 0) is 35.1 Å². The van der Waals surface area contributed by atoms with Crippen LogP contribution in [0.3, 0.4) is 0 Å². The summed E-state index contributed by atoms with van der Waals surface area (Å²) in [6, 6.07) is 18.7. The molecule has 9 heteroatoms. The van der Waals surface area contributed by atoms with Crippen LogP contribution < -0.4 is 5.73 Å². The Morgan fingerprint density at radius 2 is 1.53 bits per heavy atom. The van der Waals surface area contributed by atoms with E-state index in [9.17, 15) is 19.4 Å². The van der Waals surface area contributed by atoms with Gasteiger partial charge in [0, 0.05) is 5.54 Å². The van der Waals surface area contributed by atoms with E-state index in [2.05, 4.69) is 20.8 Å². The second kappa shape index (κ2) is 14.5. The van der Waals surface area contributed by atoms with Crippen molar-refractivity contribution in [2.45, 2.75) is 111 Å². The van der Waals surface area contributed by atoms with E-state index in [1.807, 2.05) is 62.4 Å². The lowest BCUT2D eigenvalue weighted by Gasteiger charge is -2.49. The summed E-state index contributed by atoms with van der Waals surface area (Å²) in [6.07, 6.45) is 6.46. The average molecular weight is 647 g/mol. The molecule has 2 fully saturated rings. The van der Waals surface area contributed by atoms with Gasteiger partial charge in [-0.2, -0.15) is 0 Å². The molecule has 0 bridgehead atoms. The Labute approximate surface area is 281 Å². The van der Waals surface area contributed by atoms with Crippen LogP contribution in [0.5, 0.6) is 0 Å². The van der Waals surface area contributed by atoms with Crippen LogP contribution in [0.25, 0.3) is 0 Å². The van der Waals surface area contributed by atoms with Crippen molar-refractivity contribution < 1.29 is 33.5 Å². The molecular formula is C38H53BNO7. The van der Waals surface area contributed by atoms with Gasteiger partial charge in [-0.3, -0.25) is 14.4 Å². The molecule has 255 valence electrons. The third-order valence-corrected chi connectivity index (χ3v) is 11.9. The maximum atomic E-state index is 14.4. The van der Waals surface area contributed by atoms with Crippen molar-refractivity contribution in [1.82, 2.24) is 0 Å². The smallest absolute Gasteiger partial charge is 0.510 e. The van der Waals surface area contributed by atoms with E-state index in [0.29, 0.717) is 38.6 Å². The lowest BCUT2D eigenvalue weighted by molar-refractivity contribution is -0.166. The Kier molecular flexibility index (Phi) is 11.3. The van der Waals surface area contributed by atoms with Crippen molar-refractivity contribution in [2.75, 3.05) is 6.61 Å². The van der Waals surface area contributed by atoms with Gasteiger partial charge in [-0.1, -0.05) is 101 Å². The highest BCUT2D eigenvalue weighted by atomic mass is 16.6. The van der Waals surface area contributed by atoms with E-state index in [1.54, 1.807) is 19.1 Å². The van der Waals surface area contributed by atoms with Gasteiger partial charge in [0.25, 0.3) is 5.97 Å². The second-order valence-electron chi connectivity index (χ2n) is 15.5. The molecule has 1 radical (unpaired) electrons. The zero-order valence-corrected chi connectivity index (χ0v) is 29.1. The first kappa shape index (κ1) is 36.7. The number of carbonyl (C=O) groups is 3. The first-order valence-corrected chi connectivity index (χ1v) is 17.0. The fraction of sp³-hybridized carbons (Fsp3) is 0.605. The maximum absolute atomic E-state index is 14.4. The molecule has 0 aliphatic heterocycles. The predicted octanol–water partition coefficient (Wildman–Crippen LogP) is 6.65. The molecule has 4 rings (SSSR count). The van der Waals surface area contributed by atoms with E-state index in [0.717, 1.165) is 31.2 Å². The van der Waals surface area contributed by atoms with E-state index in [1.165, 1.54) is 6.42 Å². The third-order valence-electron chi connectivity index (χ3n) is 11.9. The number of ether oxygens (including phenoxy) is 2. The van der Waals surface area contributed by atoms with Crippen LogP contribution in [0.1, 0.15) is 110 Å². The number of benzene rings is 2. The summed E-state index contributed by atoms with van der Waals surface area (Å²) < 4.78 is 16.9. The molecule has 0 amide bonds. The molecule has 2 aromatic rings. The molecule has 0 heterocycles. The zero-order valence-electron chi connectivity index (χ0n) is 29.1. The number of rotatable bonds is 15. The van der Waals surface area contributed by atoms with Crippen molar-refractivity contribution in [3.05, 3.63) is 71.8 Å². The number of nitrogens with two attached hydrogens (primary N) is 1. The molecule has 5 unspecified atom stereocenters. The number of hydrogen-bond donors (Lipinski definition) is 2. The average Bonchev–Trinajstić information content (AvgIpc) is 3.66. The Bertz CT molecular complexity index is 1380. The van der Waals surface area contributed by atoms with Gasteiger partial charge in [-0.05, 0) is 80.8 Å². The van der Waals surface area contributed by atoms with Gasteiger partial charge in [0.2, 0.25) is 0 Å². The van der Waals surface area contributed by atoms with E-state index in [4.69, 9.17) is 19.9 Å². The van der Waals surface area contributed by atoms with E-state index >= 15 is 0 Å². The van der Waals surface area contributed by atoms with Crippen molar-refractivity contribution in [3.8, 4) is 0 Å². The van der Waals surface area contributed by atoms with Crippen molar-refractivity contribution in [2.24, 2.45) is 33.3 Å². The van der Waals surface area contributed by atoms with Gasteiger partial charge in [-0.15, -0.1) is 0 Å². The van der Waals surface area contributed by atoms with Gasteiger partial charge in [-0.25, -0.2) is 0 Å². The van der Waals surface area contributed by atoms with Gasteiger partial charge >= 0.3 is 19.6 Å². The van der Waals surface area contributed by atoms with Crippen molar-refractivity contribution >= 4 is 25.6 Å². The predicted molar refractivity (Wildman–Crippen MR) is 182 cm³/mol. The van der Waals surface area contributed by atoms with Crippen LogP contribution in [0.4, 0.5) is 0 Å². The monoisotopic (exact) mass is 646 g/mol. The molecule has 2 aromatic carbocycles. The lowest BCUT2D eigenvalue weighted by Crippen LogP contribution is -2.59. The highest BCUT2D eigenvalue weighted by Gasteiger charge is 2.73.